The normalized spacial score (nSPS) is 13.9. The van der Waals surface area contributed by atoms with Crippen LogP contribution in [0, 0.1) is 10.1 Å². The molecule has 106 valence electrons. The van der Waals surface area contributed by atoms with E-state index in [9.17, 15) is 10.1 Å². The van der Waals surface area contributed by atoms with Crippen LogP contribution in [0.15, 0.2) is 40.2 Å². The summed E-state index contributed by atoms with van der Waals surface area (Å²) in [5, 5.41) is 14.3. The van der Waals surface area contributed by atoms with Gasteiger partial charge in [-0.2, -0.15) is 0 Å². The number of thiophene rings is 1. The number of hydrogen-bond acceptors (Lipinski definition) is 4. The van der Waals surface area contributed by atoms with Gasteiger partial charge in [0.15, 0.2) is 0 Å². The van der Waals surface area contributed by atoms with Crippen LogP contribution in [0.1, 0.15) is 36.4 Å². The molecule has 2 unspecified atom stereocenters. The maximum absolute atomic E-state index is 10.8. The van der Waals surface area contributed by atoms with Crippen LogP contribution in [0.2, 0.25) is 0 Å². The summed E-state index contributed by atoms with van der Waals surface area (Å²) in [6.07, 6.45) is 0. The molecule has 4 nitrogen and oxygen atoms in total. The molecular formula is C14H15BrN2O2S. The van der Waals surface area contributed by atoms with E-state index < -0.39 is 0 Å². The van der Waals surface area contributed by atoms with Crippen LogP contribution in [-0.4, -0.2) is 4.92 Å². The minimum absolute atomic E-state index is 0.0470. The van der Waals surface area contributed by atoms with Crippen molar-refractivity contribution in [2.75, 3.05) is 0 Å². The van der Waals surface area contributed by atoms with Crippen LogP contribution in [0.5, 0.6) is 0 Å². The first kappa shape index (κ1) is 15.2. The minimum atomic E-state index is -0.365. The van der Waals surface area contributed by atoms with E-state index in [1.807, 2.05) is 19.1 Å². The lowest BCUT2D eigenvalue weighted by Gasteiger charge is -2.19. The van der Waals surface area contributed by atoms with Gasteiger partial charge >= 0.3 is 0 Å². The largest absolute Gasteiger partial charge is 0.303 e. The zero-order valence-electron chi connectivity index (χ0n) is 11.2. The summed E-state index contributed by atoms with van der Waals surface area (Å²) in [5.74, 6) is 0. The Morgan fingerprint density at radius 1 is 1.25 bits per heavy atom. The molecule has 0 aliphatic carbocycles. The van der Waals surface area contributed by atoms with Gasteiger partial charge in [0.1, 0.15) is 0 Å². The lowest BCUT2D eigenvalue weighted by molar-refractivity contribution is -0.384. The highest BCUT2D eigenvalue weighted by atomic mass is 79.9. The molecule has 20 heavy (non-hydrogen) atoms. The third kappa shape index (κ3) is 3.65. The maximum atomic E-state index is 10.8. The van der Waals surface area contributed by atoms with Crippen LogP contribution < -0.4 is 5.32 Å². The van der Waals surface area contributed by atoms with Gasteiger partial charge in [-0.15, -0.1) is 11.3 Å². The summed E-state index contributed by atoms with van der Waals surface area (Å²) >= 11 is 5.14. The quantitative estimate of drug-likeness (QED) is 0.617. The molecule has 1 aromatic carbocycles. The molecule has 2 aromatic rings. The molecule has 2 atom stereocenters. The number of nitrogens with zero attached hydrogens (tertiary/aromatic N) is 1. The molecule has 0 spiro atoms. The van der Waals surface area contributed by atoms with Gasteiger partial charge < -0.3 is 5.32 Å². The van der Waals surface area contributed by atoms with Gasteiger partial charge in [-0.05, 0) is 47.5 Å². The van der Waals surface area contributed by atoms with Crippen molar-refractivity contribution in [3.8, 4) is 0 Å². The van der Waals surface area contributed by atoms with E-state index in [1.165, 1.54) is 10.9 Å². The Hall–Kier alpha value is -1.24. The predicted molar refractivity (Wildman–Crippen MR) is 85.1 cm³/mol. The molecule has 6 heteroatoms. The van der Waals surface area contributed by atoms with E-state index in [0.29, 0.717) is 0 Å². The summed E-state index contributed by atoms with van der Waals surface area (Å²) in [6, 6.07) is 11.1. The Labute approximate surface area is 130 Å². The number of halogens is 1. The summed E-state index contributed by atoms with van der Waals surface area (Å²) in [6.45, 7) is 4.10. The molecule has 1 N–H and O–H groups in total. The Bertz CT molecular complexity index is 615. The van der Waals surface area contributed by atoms with Crippen molar-refractivity contribution in [1.29, 1.82) is 0 Å². The average Bonchev–Trinajstić information content (AvgIpc) is 2.85. The third-order valence-electron chi connectivity index (χ3n) is 3.10. The van der Waals surface area contributed by atoms with Crippen LogP contribution in [0.4, 0.5) is 5.69 Å². The second-order valence-electron chi connectivity index (χ2n) is 4.60. The topological polar surface area (TPSA) is 55.2 Å². The summed E-state index contributed by atoms with van der Waals surface area (Å²) < 4.78 is 1.10. The molecule has 0 aliphatic heterocycles. The Morgan fingerprint density at radius 2 is 2.00 bits per heavy atom. The van der Waals surface area contributed by atoms with Gasteiger partial charge in [0.25, 0.3) is 5.69 Å². The van der Waals surface area contributed by atoms with Gasteiger partial charge in [-0.1, -0.05) is 12.1 Å². The zero-order valence-corrected chi connectivity index (χ0v) is 13.6. The molecule has 0 fully saturated rings. The van der Waals surface area contributed by atoms with E-state index in [0.717, 1.165) is 9.35 Å². The van der Waals surface area contributed by atoms with E-state index in [1.54, 1.807) is 23.5 Å². The summed E-state index contributed by atoms with van der Waals surface area (Å²) in [7, 11) is 0. The second-order valence-corrected chi connectivity index (χ2v) is 7.10. The van der Waals surface area contributed by atoms with Crippen LogP contribution in [0.3, 0.4) is 0 Å². The van der Waals surface area contributed by atoms with Crippen molar-refractivity contribution in [3.05, 3.63) is 60.7 Å². The van der Waals surface area contributed by atoms with E-state index in [2.05, 4.69) is 34.2 Å². The second kappa shape index (κ2) is 6.47. The molecule has 0 amide bonds. The third-order valence-corrected chi connectivity index (χ3v) is 4.91. The number of benzene rings is 1. The van der Waals surface area contributed by atoms with E-state index in [-0.39, 0.29) is 22.7 Å². The SMILES string of the molecule is CC(NC(C)c1ccc(Br)s1)c1cccc([N+](=O)[O-])c1. The fourth-order valence-corrected chi connectivity index (χ4v) is 3.46. The van der Waals surface area contributed by atoms with Crippen molar-refractivity contribution >= 4 is 33.0 Å². The molecule has 1 heterocycles. The van der Waals surface area contributed by atoms with Crippen molar-refractivity contribution in [1.82, 2.24) is 5.32 Å². The number of nitro groups is 1. The zero-order chi connectivity index (χ0) is 14.7. The molecule has 0 bridgehead atoms. The lowest BCUT2D eigenvalue weighted by Crippen LogP contribution is -2.21. The van der Waals surface area contributed by atoms with Gasteiger partial charge in [0, 0.05) is 29.1 Å². The first-order valence-corrected chi connectivity index (χ1v) is 7.84. The fourth-order valence-electron chi connectivity index (χ4n) is 2.02. The van der Waals surface area contributed by atoms with Crippen molar-refractivity contribution in [2.24, 2.45) is 0 Å². The monoisotopic (exact) mass is 354 g/mol. The number of hydrogen-bond donors (Lipinski definition) is 1. The maximum Gasteiger partial charge on any atom is 0.269 e. The number of non-ortho nitro benzene ring substituents is 1. The first-order chi connectivity index (χ1) is 9.47. The Kier molecular flexibility index (Phi) is 4.91. The first-order valence-electron chi connectivity index (χ1n) is 6.23. The van der Waals surface area contributed by atoms with Crippen molar-refractivity contribution in [2.45, 2.75) is 25.9 Å². The Balaban J connectivity index is 2.09. The molecule has 2 rings (SSSR count). The van der Waals surface area contributed by atoms with E-state index in [4.69, 9.17) is 0 Å². The van der Waals surface area contributed by atoms with E-state index >= 15 is 0 Å². The molecule has 0 saturated carbocycles. The van der Waals surface area contributed by atoms with Crippen molar-refractivity contribution in [3.63, 3.8) is 0 Å². The van der Waals surface area contributed by atoms with Crippen LogP contribution in [-0.2, 0) is 0 Å². The molecule has 1 aromatic heterocycles. The highest BCUT2D eigenvalue weighted by Crippen LogP contribution is 2.29. The molecule has 0 radical (unpaired) electrons. The highest BCUT2D eigenvalue weighted by Gasteiger charge is 2.15. The van der Waals surface area contributed by atoms with Crippen LogP contribution in [0.25, 0.3) is 0 Å². The van der Waals surface area contributed by atoms with Gasteiger partial charge in [-0.3, -0.25) is 10.1 Å². The molecular weight excluding hydrogens is 340 g/mol. The van der Waals surface area contributed by atoms with Crippen molar-refractivity contribution < 1.29 is 4.92 Å². The molecule has 0 saturated heterocycles. The minimum Gasteiger partial charge on any atom is -0.303 e. The average molecular weight is 355 g/mol. The molecule has 0 aliphatic rings. The summed E-state index contributed by atoms with van der Waals surface area (Å²) in [4.78, 5) is 11.7. The highest BCUT2D eigenvalue weighted by molar-refractivity contribution is 9.11. The lowest BCUT2D eigenvalue weighted by atomic mass is 10.1. The number of nitrogens with one attached hydrogen (secondary N) is 1. The summed E-state index contributed by atoms with van der Waals surface area (Å²) in [5.41, 5.74) is 1.05. The smallest absolute Gasteiger partial charge is 0.269 e. The fraction of sp³-hybridized carbons (Fsp3) is 0.286. The van der Waals surface area contributed by atoms with Gasteiger partial charge in [-0.25, -0.2) is 0 Å². The number of rotatable bonds is 5. The number of nitro benzene ring substituents is 1. The van der Waals surface area contributed by atoms with Gasteiger partial charge in [0.2, 0.25) is 0 Å². The standard InChI is InChI=1S/C14H15BrN2O2S/c1-9(11-4-3-5-12(8-11)17(18)19)16-10(2)13-6-7-14(15)20-13/h3-10,16H,1-2H3. The van der Waals surface area contributed by atoms with Crippen LogP contribution >= 0.6 is 27.3 Å². The predicted octanol–water partition coefficient (Wildman–Crippen LogP) is 4.83. The van der Waals surface area contributed by atoms with Gasteiger partial charge in [0.05, 0.1) is 8.71 Å². The Morgan fingerprint density at radius 3 is 2.60 bits per heavy atom.